The van der Waals surface area contributed by atoms with Crippen LogP contribution in [-0.2, 0) is 12.8 Å². The Bertz CT molecular complexity index is 369. The van der Waals surface area contributed by atoms with E-state index in [4.69, 9.17) is 0 Å². The molecule has 1 saturated heterocycles. The summed E-state index contributed by atoms with van der Waals surface area (Å²) < 4.78 is 0. The van der Waals surface area contributed by atoms with Crippen molar-refractivity contribution in [3.63, 3.8) is 0 Å². The van der Waals surface area contributed by atoms with Gasteiger partial charge in [-0.15, -0.1) is 11.8 Å². The summed E-state index contributed by atoms with van der Waals surface area (Å²) >= 11 is 2.01. The van der Waals surface area contributed by atoms with E-state index >= 15 is 0 Å². The van der Waals surface area contributed by atoms with Crippen LogP contribution in [0.25, 0.3) is 0 Å². The van der Waals surface area contributed by atoms with Crippen molar-refractivity contribution in [1.82, 2.24) is 5.32 Å². The molecule has 0 spiro atoms. The number of rotatable bonds is 2. The number of benzene rings is 1. The van der Waals surface area contributed by atoms with E-state index in [1.807, 2.05) is 11.8 Å². The van der Waals surface area contributed by atoms with Gasteiger partial charge < -0.3 is 5.32 Å². The zero-order valence-electron chi connectivity index (χ0n) is 9.67. The van der Waals surface area contributed by atoms with Gasteiger partial charge in [0.25, 0.3) is 0 Å². The highest BCUT2D eigenvalue weighted by atomic mass is 32.2. The molecule has 0 saturated carbocycles. The second-order valence-electron chi connectivity index (χ2n) is 4.89. The van der Waals surface area contributed by atoms with Crippen LogP contribution in [0.3, 0.4) is 0 Å². The van der Waals surface area contributed by atoms with Crippen molar-refractivity contribution >= 4 is 11.8 Å². The van der Waals surface area contributed by atoms with Crippen LogP contribution in [0.1, 0.15) is 30.4 Å². The summed E-state index contributed by atoms with van der Waals surface area (Å²) in [6.45, 7) is 1.21. The van der Waals surface area contributed by atoms with Crippen LogP contribution in [0.15, 0.2) is 23.1 Å². The number of aryl methyl sites for hydroxylation is 1. The first-order chi connectivity index (χ1) is 7.92. The molecule has 3 rings (SSSR count). The maximum absolute atomic E-state index is 3.63. The van der Waals surface area contributed by atoms with Gasteiger partial charge in [0.05, 0.1) is 0 Å². The lowest BCUT2D eigenvalue weighted by molar-refractivity contribution is 0.399. The molecule has 1 aromatic rings. The zero-order valence-corrected chi connectivity index (χ0v) is 10.5. The molecule has 1 nitrogen and oxygen atoms in total. The van der Waals surface area contributed by atoms with Crippen molar-refractivity contribution < 1.29 is 0 Å². The number of piperidine rings is 1. The number of hydrogen-bond acceptors (Lipinski definition) is 2. The number of nitrogens with one attached hydrogen (secondary N) is 1. The second kappa shape index (κ2) is 4.80. The quantitative estimate of drug-likeness (QED) is 0.842. The topological polar surface area (TPSA) is 12.0 Å². The average Bonchev–Trinajstić information content (AvgIpc) is 2.77. The SMILES string of the molecule is c1cc2c(cc1CC1CCCCN1)CCS2. The molecule has 2 aliphatic heterocycles. The molecular formula is C14H19NS. The fourth-order valence-corrected chi connectivity index (χ4v) is 3.80. The van der Waals surface area contributed by atoms with Gasteiger partial charge in [0.2, 0.25) is 0 Å². The number of hydrogen-bond donors (Lipinski definition) is 1. The van der Waals surface area contributed by atoms with Crippen LogP contribution >= 0.6 is 11.8 Å². The molecule has 1 fully saturated rings. The second-order valence-corrected chi connectivity index (χ2v) is 6.03. The van der Waals surface area contributed by atoms with E-state index in [0.29, 0.717) is 0 Å². The van der Waals surface area contributed by atoms with E-state index in [0.717, 1.165) is 6.04 Å². The smallest absolute Gasteiger partial charge is 0.0107 e. The molecule has 0 radical (unpaired) electrons. The van der Waals surface area contributed by atoms with Crippen LogP contribution in [0.5, 0.6) is 0 Å². The summed E-state index contributed by atoms with van der Waals surface area (Å²) in [7, 11) is 0. The molecule has 0 bridgehead atoms. The number of thioether (sulfide) groups is 1. The van der Waals surface area contributed by atoms with Gasteiger partial charge in [-0.2, -0.15) is 0 Å². The van der Waals surface area contributed by atoms with Crippen molar-refractivity contribution in [2.24, 2.45) is 0 Å². The molecule has 0 aliphatic carbocycles. The Morgan fingerprint density at radius 2 is 2.31 bits per heavy atom. The molecule has 1 N–H and O–H groups in total. The minimum absolute atomic E-state index is 0.723. The number of fused-ring (bicyclic) bond motifs is 1. The highest BCUT2D eigenvalue weighted by Crippen LogP contribution is 2.32. The summed E-state index contributed by atoms with van der Waals surface area (Å²) in [5.74, 6) is 1.28. The molecule has 1 atom stereocenters. The first-order valence-corrected chi connectivity index (χ1v) is 7.38. The van der Waals surface area contributed by atoms with Gasteiger partial charge >= 0.3 is 0 Å². The van der Waals surface area contributed by atoms with E-state index in [9.17, 15) is 0 Å². The van der Waals surface area contributed by atoms with Crippen molar-refractivity contribution in [3.8, 4) is 0 Å². The van der Waals surface area contributed by atoms with Crippen molar-refractivity contribution in [2.75, 3.05) is 12.3 Å². The largest absolute Gasteiger partial charge is 0.314 e. The van der Waals surface area contributed by atoms with Gasteiger partial charge in [0, 0.05) is 16.7 Å². The predicted molar refractivity (Wildman–Crippen MR) is 70.2 cm³/mol. The van der Waals surface area contributed by atoms with Crippen molar-refractivity contribution in [2.45, 2.75) is 43.0 Å². The van der Waals surface area contributed by atoms with Crippen LogP contribution in [-0.4, -0.2) is 18.3 Å². The van der Waals surface area contributed by atoms with E-state index < -0.39 is 0 Å². The molecular weight excluding hydrogens is 214 g/mol. The standard InChI is InChI=1S/C14H19NS/c1-2-7-15-13(3-1)10-11-4-5-14-12(9-11)6-8-16-14/h4-5,9,13,15H,1-3,6-8,10H2. The lowest BCUT2D eigenvalue weighted by atomic mass is 9.96. The first-order valence-electron chi connectivity index (χ1n) is 6.40. The third-order valence-corrected chi connectivity index (χ3v) is 4.77. The van der Waals surface area contributed by atoms with Crippen LogP contribution < -0.4 is 5.32 Å². The van der Waals surface area contributed by atoms with Gasteiger partial charge in [0.1, 0.15) is 0 Å². The third-order valence-electron chi connectivity index (χ3n) is 3.65. The molecule has 1 aromatic carbocycles. The zero-order chi connectivity index (χ0) is 10.8. The van der Waals surface area contributed by atoms with E-state index in [2.05, 4.69) is 23.5 Å². The minimum Gasteiger partial charge on any atom is -0.314 e. The Kier molecular flexibility index (Phi) is 3.20. The van der Waals surface area contributed by atoms with Gasteiger partial charge in [0.15, 0.2) is 0 Å². The lowest BCUT2D eigenvalue weighted by Gasteiger charge is -2.23. The Labute approximate surface area is 102 Å². The Balaban J connectivity index is 1.69. The van der Waals surface area contributed by atoms with Gasteiger partial charge in [-0.3, -0.25) is 0 Å². The lowest BCUT2D eigenvalue weighted by Crippen LogP contribution is -2.35. The van der Waals surface area contributed by atoms with E-state index in [1.165, 1.54) is 54.9 Å². The summed E-state index contributed by atoms with van der Waals surface area (Å²) in [6.07, 6.45) is 6.60. The first kappa shape index (κ1) is 10.7. The fraction of sp³-hybridized carbons (Fsp3) is 0.571. The third kappa shape index (κ3) is 2.28. The summed E-state index contributed by atoms with van der Waals surface area (Å²) in [5.41, 5.74) is 3.11. The van der Waals surface area contributed by atoms with Crippen LogP contribution in [0, 0.1) is 0 Å². The fourth-order valence-electron chi connectivity index (χ4n) is 2.75. The molecule has 86 valence electrons. The molecule has 2 aliphatic rings. The monoisotopic (exact) mass is 233 g/mol. The summed E-state index contributed by atoms with van der Waals surface area (Å²) in [6, 6.07) is 7.81. The highest BCUT2D eigenvalue weighted by Gasteiger charge is 2.15. The highest BCUT2D eigenvalue weighted by molar-refractivity contribution is 7.99. The van der Waals surface area contributed by atoms with Crippen molar-refractivity contribution in [1.29, 1.82) is 0 Å². The van der Waals surface area contributed by atoms with Crippen LogP contribution in [0.4, 0.5) is 0 Å². The van der Waals surface area contributed by atoms with Gasteiger partial charge in [-0.25, -0.2) is 0 Å². The Morgan fingerprint density at radius 1 is 1.31 bits per heavy atom. The predicted octanol–water partition coefficient (Wildman–Crippen LogP) is 3.02. The average molecular weight is 233 g/mol. The van der Waals surface area contributed by atoms with Gasteiger partial charge in [-0.1, -0.05) is 18.6 Å². The Morgan fingerprint density at radius 3 is 3.19 bits per heavy atom. The summed E-state index contributed by atoms with van der Waals surface area (Å²) in [4.78, 5) is 1.51. The molecule has 16 heavy (non-hydrogen) atoms. The maximum Gasteiger partial charge on any atom is 0.0107 e. The van der Waals surface area contributed by atoms with E-state index in [-0.39, 0.29) is 0 Å². The molecule has 2 heteroatoms. The summed E-state index contributed by atoms with van der Waals surface area (Å²) in [5, 5.41) is 3.63. The Hall–Kier alpha value is -0.470. The minimum atomic E-state index is 0.723. The van der Waals surface area contributed by atoms with Crippen molar-refractivity contribution in [3.05, 3.63) is 29.3 Å². The van der Waals surface area contributed by atoms with E-state index in [1.54, 1.807) is 5.56 Å². The maximum atomic E-state index is 3.63. The molecule has 0 aromatic heterocycles. The molecule has 0 amide bonds. The normalized spacial score (nSPS) is 24.4. The van der Waals surface area contributed by atoms with Crippen LogP contribution in [0.2, 0.25) is 0 Å². The molecule has 2 heterocycles. The van der Waals surface area contributed by atoms with Gasteiger partial charge in [-0.05, 0) is 49.4 Å². The molecule has 1 unspecified atom stereocenters.